The third-order valence-corrected chi connectivity index (χ3v) is 8.10. The average Bonchev–Trinajstić information content (AvgIpc) is 2.97. The molecule has 2 atom stereocenters. The minimum Gasteiger partial charge on any atom is -0.486 e. The predicted octanol–water partition coefficient (Wildman–Crippen LogP) is 3.78. The van der Waals surface area contributed by atoms with Gasteiger partial charge in [-0.1, -0.05) is 67.6 Å². The second-order valence-electron chi connectivity index (χ2n) is 10.1. The van der Waals surface area contributed by atoms with Gasteiger partial charge in [0.15, 0.2) is 11.5 Å². The van der Waals surface area contributed by atoms with Gasteiger partial charge in [-0.05, 0) is 36.6 Å². The van der Waals surface area contributed by atoms with Crippen LogP contribution >= 0.6 is 0 Å². The minimum atomic E-state index is -3.88. The highest BCUT2D eigenvalue weighted by atomic mass is 32.2. The highest BCUT2D eigenvalue weighted by Gasteiger charge is 2.33. The van der Waals surface area contributed by atoms with Crippen LogP contribution in [0.25, 0.3) is 0 Å². The molecule has 0 saturated heterocycles. The first-order valence-corrected chi connectivity index (χ1v) is 15.6. The Balaban J connectivity index is 1.71. The smallest absolute Gasteiger partial charge is 0.244 e. The second kappa shape index (κ2) is 13.5. The molecule has 0 unspecified atom stereocenters. The van der Waals surface area contributed by atoms with Crippen LogP contribution in [0.3, 0.4) is 0 Å². The highest BCUT2D eigenvalue weighted by molar-refractivity contribution is 7.92. The number of carbonyl (C=O) groups is 2. The lowest BCUT2D eigenvalue weighted by atomic mass is 10.0. The molecule has 0 bridgehead atoms. The highest BCUT2D eigenvalue weighted by Crippen LogP contribution is 2.34. The minimum absolute atomic E-state index is 0.0975. The van der Waals surface area contributed by atoms with Gasteiger partial charge in [0.05, 0.1) is 11.9 Å². The van der Waals surface area contributed by atoms with E-state index in [1.165, 1.54) is 4.90 Å². The van der Waals surface area contributed by atoms with Gasteiger partial charge in [0.25, 0.3) is 0 Å². The van der Waals surface area contributed by atoms with Crippen molar-refractivity contribution >= 4 is 27.5 Å². The van der Waals surface area contributed by atoms with Crippen LogP contribution in [-0.4, -0.2) is 63.2 Å². The Hall–Kier alpha value is -4.05. The van der Waals surface area contributed by atoms with Gasteiger partial charge in [-0.25, -0.2) is 8.42 Å². The molecular formula is C31H37N3O6S. The first-order valence-electron chi connectivity index (χ1n) is 13.7. The van der Waals surface area contributed by atoms with Crippen molar-refractivity contribution in [3.05, 3.63) is 90.0 Å². The van der Waals surface area contributed by atoms with Crippen molar-refractivity contribution in [3.8, 4) is 11.5 Å². The Bertz CT molecular complexity index is 1430. The molecular weight excluding hydrogens is 542 g/mol. The van der Waals surface area contributed by atoms with Crippen LogP contribution in [-0.2, 0) is 32.6 Å². The van der Waals surface area contributed by atoms with Crippen molar-refractivity contribution in [2.75, 3.05) is 30.3 Å². The van der Waals surface area contributed by atoms with Crippen molar-refractivity contribution in [1.82, 2.24) is 10.2 Å². The van der Waals surface area contributed by atoms with E-state index in [2.05, 4.69) is 5.32 Å². The van der Waals surface area contributed by atoms with Crippen molar-refractivity contribution in [2.45, 2.75) is 45.3 Å². The summed E-state index contributed by atoms with van der Waals surface area (Å²) in [4.78, 5) is 29.3. The molecule has 1 heterocycles. The van der Waals surface area contributed by atoms with Crippen LogP contribution in [0.1, 0.15) is 31.4 Å². The number of nitrogens with one attached hydrogen (secondary N) is 1. The first kappa shape index (κ1) is 29.9. The Morgan fingerprint density at radius 1 is 0.902 bits per heavy atom. The molecule has 0 aliphatic carbocycles. The van der Waals surface area contributed by atoms with Gasteiger partial charge in [0, 0.05) is 25.1 Å². The van der Waals surface area contributed by atoms with E-state index < -0.39 is 28.5 Å². The van der Waals surface area contributed by atoms with E-state index in [0.717, 1.165) is 28.1 Å². The largest absolute Gasteiger partial charge is 0.486 e. The van der Waals surface area contributed by atoms with E-state index in [9.17, 15) is 18.0 Å². The van der Waals surface area contributed by atoms with Gasteiger partial charge in [-0.2, -0.15) is 0 Å². The number of ether oxygens (including phenoxy) is 2. The van der Waals surface area contributed by atoms with E-state index >= 15 is 0 Å². The first-order chi connectivity index (χ1) is 19.7. The number of fused-ring (bicyclic) bond motifs is 1. The van der Waals surface area contributed by atoms with Gasteiger partial charge in [0.1, 0.15) is 25.8 Å². The Morgan fingerprint density at radius 2 is 1.51 bits per heavy atom. The predicted molar refractivity (Wildman–Crippen MR) is 158 cm³/mol. The van der Waals surface area contributed by atoms with Crippen LogP contribution in [0.2, 0.25) is 0 Å². The number of anilines is 1. The standard InChI is InChI=1S/C31H37N3O6S/c1-4-23(2)32-31(36)27(19-24-11-7-5-8-12-24)33(21-25-13-9-6-10-14-25)30(35)22-34(41(3,37)38)26-15-16-28-29(20-26)40-18-17-39-28/h5-16,20,23,27H,4,17-19,21-22H2,1-3H3,(H,32,36)/t23-,27-/m1/s1. The molecule has 3 aromatic rings. The SMILES string of the molecule is CC[C@@H](C)NC(=O)[C@@H](Cc1ccccc1)N(Cc1ccccc1)C(=O)CN(c1ccc2c(c1)OCCO2)S(C)(=O)=O. The van der Waals surface area contributed by atoms with Crippen LogP contribution < -0.4 is 19.1 Å². The molecule has 9 nitrogen and oxygen atoms in total. The zero-order valence-corrected chi connectivity index (χ0v) is 24.5. The number of rotatable bonds is 12. The van der Waals surface area contributed by atoms with Crippen LogP contribution in [0.4, 0.5) is 5.69 Å². The molecule has 0 aromatic heterocycles. The van der Waals surface area contributed by atoms with Gasteiger partial charge in [-0.15, -0.1) is 0 Å². The monoisotopic (exact) mass is 579 g/mol. The maximum atomic E-state index is 14.1. The molecule has 4 rings (SSSR count). The lowest BCUT2D eigenvalue weighted by Gasteiger charge is -2.34. The number of benzene rings is 3. The molecule has 0 saturated carbocycles. The zero-order valence-electron chi connectivity index (χ0n) is 23.7. The molecule has 2 amide bonds. The van der Waals surface area contributed by atoms with E-state index in [-0.39, 0.29) is 30.6 Å². The van der Waals surface area contributed by atoms with Crippen LogP contribution in [0.15, 0.2) is 78.9 Å². The Kier molecular flexibility index (Phi) is 9.88. The molecule has 1 N–H and O–H groups in total. The van der Waals surface area contributed by atoms with E-state index in [0.29, 0.717) is 24.7 Å². The summed E-state index contributed by atoms with van der Waals surface area (Å²) in [5, 5.41) is 3.03. The third kappa shape index (κ3) is 8.00. The fourth-order valence-electron chi connectivity index (χ4n) is 4.58. The van der Waals surface area contributed by atoms with Gasteiger partial charge in [-0.3, -0.25) is 13.9 Å². The summed E-state index contributed by atoms with van der Waals surface area (Å²) in [5.74, 6) is 0.119. The summed E-state index contributed by atoms with van der Waals surface area (Å²) >= 11 is 0. The van der Waals surface area contributed by atoms with Crippen LogP contribution in [0.5, 0.6) is 11.5 Å². The van der Waals surface area contributed by atoms with E-state index in [4.69, 9.17) is 9.47 Å². The van der Waals surface area contributed by atoms with Crippen molar-refractivity contribution in [2.24, 2.45) is 0 Å². The Labute approximate surface area is 242 Å². The normalized spacial score (nSPS) is 14.0. The Morgan fingerprint density at radius 3 is 2.12 bits per heavy atom. The van der Waals surface area contributed by atoms with Gasteiger partial charge < -0.3 is 19.7 Å². The number of hydrogen-bond acceptors (Lipinski definition) is 6. The second-order valence-corrected chi connectivity index (χ2v) is 12.0. The molecule has 0 fully saturated rings. The lowest BCUT2D eigenvalue weighted by molar-refractivity contribution is -0.140. The topological polar surface area (TPSA) is 105 Å². The number of sulfonamides is 1. The maximum absolute atomic E-state index is 14.1. The summed E-state index contributed by atoms with van der Waals surface area (Å²) < 4.78 is 38.3. The van der Waals surface area contributed by atoms with Gasteiger partial charge in [0.2, 0.25) is 21.8 Å². The van der Waals surface area contributed by atoms with Gasteiger partial charge >= 0.3 is 0 Å². The molecule has 1 aliphatic rings. The molecule has 0 spiro atoms. The van der Waals surface area contributed by atoms with E-state index in [1.807, 2.05) is 74.5 Å². The molecule has 41 heavy (non-hydrogen) atoms. The fraction of sp³-hybridized carbons (Fsp3) is 0.355. The van der Waals surface area contributed by atoms with Crippen LogP contribution in [0, 0.1) is 0 Å². The molecule has 10 heteroatoms. The number of nitrogens with zero attached hydrogens (tertiary/aromatic N) is 2. The number of amides is 2. The zero-order chi connectivity index (χ0) is 29.4. The van der Waals surface area contributed by atoms with E-state index in [1.54, 1.807) is 18.2 Å². The third-order valence-electron chi connectivity index (χ3n) is 6.96. The van der Waals surface area contributed by atoms with Crippen molar-refractivity contribution in [3.63, 3.8) is 0 Å². The molecule has 3 aromatic carbocycles. The van der Waals surface area contributed by atoms with Crippen molar-refractivity contribution < 1.29 is 27.5 Å². The van der Waals surface area contributed by atoms with Crippen molar-refractivity contribution in [1.29, 1.82) is 0 Å². The maximum Gasteiger partial charge on any atom is 0.244 e. The number of carbonyl (C=O) groups excluding carboxylic acids is 2. The molecule has 1 aliphatic heterocycles. The fourth-order valence-corrected chi connectivity index (χ4v) is 5.42. The quantitative estimate of drug-likeness (QED) is 0.350. The molecule has 0 radical (unpaired) electrons. The summed E-state index contributed by atoms with van der Waals surface area (Å²) in [6, 6.07) is 22.6. The summed E-state index contributed by atoms with van der Waals surface area (Å²) in [5.41, 5.74) is 1.98. The summed E-state index contributed by atoms with van der Waals surface area (Å²) in [6.45, 7) is 4.26. The average molecular weight is 580 g/mol. The lowest BCUT2D eigenvalue weighted by Crippen LogP contribution is -2.54. The molecule has 218 valence electrons. The number of hydrogen-bond donors (Lipinski definition) is 1. The summed E-state index contributed by atoms with van der Waals surface area (Å²) in [6.07, 6.45) is 2.04. The summed E-state index contributed by atoms with van der Waals surface area (Å²) in [7, 11) is -3.88.